The molecule has 0 saturated carbocycles. The molecule has 17 heavy (non-hydrogen) atoms. The number of rotatable bonds is 4. The molecule has 0 aliphatic carbocycles. The molecule has 1 unspecified atom stereocenters. The summed E-state index contributed by atoms with van der Waals surface area (Å²) in [5.41, 5.74) is 7.73. The van der Waals surface area contributed by atoms with Crippen LogP contribution >= 0.6 is 0 Å². The molecule has 0 bridgehead atoms. The van der Waals surface area contributed by atoms with E-state index in [0.717, 1.165) is 25.3 Å². The fourth-order valence-corrected chi connectivity index (χ4v) is 1.96. The summed E-state index contributed by atoms with van der Waals surface area (Å²) >= 11 is 0. The van der Waals surface area contributed by atoms with Gasteiger partial charge in [-0.15, -0.1) is 0 Å². The molecular weight excluding hydrogens is 212 g/mol. The number of ether oxygens (including phenoxy) is 1. The highest BCUT2D eigenvalue weighted by Gasteiger charge is 2.11. The molecule has 1 aromatic rings. The van der Waals surface area contributed by atoms with E-state index in [9.17, 15) is 0 Å². The molecule has 0 amide bonds. The third-order valence-corrected chi connectivity index (χ3v) is 2.93. The quantitative estimate of drug-likeness (QED) is 0.810. The van der Waals surface area contributed by atoms with Gasteiger partial charge in [0.1, 0.15) is 0 Å². The Hall–Kier alpha value is -1.48. The van der Waals surface area contributed by atoms with Crippen LogP contribution in [-0.2, 0) is 11.3 Å². The van der Waals surface area contributed by atoms with Crippen molar-refractivity contribution in [1.29, 1.82) is 0 Å². The van der Waals surface area contributed by atoms with Crippen molar-refractivity contribution in [2.24, 2.45) is 0 Å². The molecule has 92 valence electrons. The predicted molar refractivity (Wildman–Crippen MR) is 70.4 cm³/mol. The molecule has 3 nitrogen and oxygen atoms in total. The Bertz CT molecular complexity index is 366. The predicted octanol–water partition coefficient (Wildman–Crippen LogP) is 2.39. The molecule has 0 spiro atoms. The Morgan fingerprint density at radius 3 is 2.82 bits per heavy atom. The van der Waals surface area contributed by atoms with E-state index in [1.807, 2.05) is 12.1 Å². The first kappa shape index (κ1) is 12.0. The van der Waals surface area contributed by atoms with E-state index < -0.39 is 0 Å². The van der Waals surface area contributed by atoms with Crippen molar-refractivity contribution in [3.63, 3.8) is 0 Å². The van der Waals surface area contributed by atoms with Crippen LogP contribution in [0.4, 0.5) is 5.69 Å². The number of nitrogens with two attached hydrogens (primary N) is 1. The second-order valence-electron chi connectivity index (χ2n) is 4.55. The van der Waals surface area contributed by atoms with Crippen molar-refractivity contribution in [3.05, 3.63) is 42.1 Å². The van der Waals surface area contributed by atoms with Crippen LogP contribution in [0.5, 0.6) is 0 Å². The Morgan fingerprint density at radius 1 is 1.41 bits per heavy atom. The fourth-order valence-electron chi connectivity index (χ4n) is 1.96. The van der Waals surface area contributed by atoms with Crippen molar-refractivity contribution >= 4 is 5.69 Å². The van der Waals surface area contributed by atoms with Crippen molar-refractivity contribution < 1.29 is 4.74 Å². The molecule has 1 aromatic carbocycles. The largest absolute Gasteiger partial charge is 0.399 e. The normalized spacial score (nSPS) is 19.9. The summed E-state index contributed by atoms with van der Waals surface area (Å²) in [5.74, 6) is 0. The fraction of sp³-hybridized carbons (Fsp3) is 0.429. The lowest BCUT2D eigenvalue weighted by Crippen LogP contribution is -2.11. The molecule has 1 heterocycles. The summed E-state index contributed by atoms with van der Waals surface area (Å²) < 4.78 is 5.54. The van der Waals surface area contributed by atoms with Crippen LogP contribution in [0.15, 0.2) is 36.5 Å². The number of hydrogen-bond donors (Lipinski definition) is 1. The van der Waals surface area contributed by atoms with Crippen molar-refractivity contribution in [3.8, 4) is 0 Å². The molecule has 0 radical (unpaired) electrons. The van der Waals surface area contributed by atoms with Crippen LogP contribution in [0, 0.1) is 0 Å². The maximum absolute atomic E-state index is 5.65. The Kier molecular flexibility index (Phi) is 4.04. The highest BCUT2D eigenvalue weighted by atomic mass is 16.5. The Labute approximate surface area is 103 Å². The maximum atomic E-state index is 5.65. The van der Waals surface area contributed by atoms with Gasteiger partial charge in [0.25, 0.3) is 0 Å². The van der Waals surface area contributed by atoms with Gasteiger partial charge >= 0.3 is 0 Å². The van der Waals surface area contributed by atoms with Crippen molar-refractivity contribution in [2.75, 3.05) is 19.4 Å². The highest BCUT2D eigenvalue weighted by molar-refractivity contribution is 5.39. The van der Waals surface area contributed by atoms with Crippen molar-refractivity contribution in [2.45, 2.75) is 25.5 Å². The van der Waals surface area contributed by atoms with Crippen LogP contribution in [0.3, 0.4) is 0 Å². The van der Waals surface area contributed by atoms with Gasteiger partial charge in [-0.2, -0.15) is 0 Å². The standard InChI is InChI=1S/C14H20N2O/c1-16(9-8-14-3-2-10-17-14)11-12-4-6-13(15)7-5-12/h4-9,14H,2-3,10-11,15H2,1H3/b9-8+. The molecule has 1 saturated heterocycles. The van der Waals surface area contributed by atoms with E-state index in [0.29, 0.717) is 6.10 Å². The number of nitrogen functional groups attached to an aromatic ring is 1. The van der Waals surface area contributed by atoms with Gasteiger partial charge in [0.2, 0.25) is 0 Å². The van der Waals surface area contributed by atoms with E-state index in [-0.39, 0.29) is 0 Å². The summed E-state index contributed by atoms with van der Waals surface area (Å²) in [5, 5.41) is 0. The van der Waals surface area contributed by atoms with E-state index in [2.05, 4.69) is 36.4 Å². The van der Waals surface area contributed by atoms with Crippen LogP contribution in [0.1, 0.15) is 18.4 Å². The minimum atomic E-state index is 0.309. The molecule has 1 aliphatic heterocycles. The van der Waals surface area contributed by atoms with E-state index in [4.69, 9.17) is 10.5 Å². The summed E-state index contributed by atoms with van der Waals surface area (Å²) in [6.45, 7) is 1.79. The van der Waals surface area contributed by atoms with Gasteiger partial charge in [-0.05, 0) is 42.8 Å². The van der Waals surface area contributed by atoms with Crippen LogP contribution < -0.4 is 5.73 Å². The SMILES string of the molecule is CN(/C=C/C1CCCO1)Cc1ccc(N)cc1. The maximum Gasteiger partial charge on any atom is 0.0773 e. The second-order valence-corrected chi connectivity index (χ2v) is 4.55. The van der Waals surface area contributed by atoms with E-state index >= 15 is 0 Å². The molecule has 3 heteroatoms. The first-order valence-electron chi connectivity index (χ1n) is 6.08. The first-order chi connectivity index (χ1) is 8.24. The van der Waals surface area contributed by atoms with Gasteiger partial charge in [0.05, 0.1) is 6.10 Å². The Morgan fingerprint density at radius 2 is 2.18 bits per heavy atom. The zero-order valence-corrected chi connectivity index (χ0v) is 10.3. The summed E-state index contributed by atoms with van der Waals surface area (Å²) in [4.78, 5) is 2.16. The van der Waals surface area contributed by atoms with Gasteiger partial charge in [-0.1, -0.05) is 12.1 Å². The third-order valence-electron chi connectivity index (χ3n) is 2.93. The molecule has 1 aliphatic rings. The third kappa shape index (κ3) is 3.79. The van der Waals surface area contributed by atoms with Crippen LogP contribution in [-0.4, -0.2) is 24.7 Å². The van der Waals surface area contributed by atoms with Gasteiger partial charge in [0, 0.05) is 25.9 Å². The molecular formula is C14H20N2O. The van der Waals surface area contributed by atoms with E-state index in [1.165, 1.54) is 12.0 Å². The van der Waals surface area contributed by atoms with E-state index in [1.54, 1.807) is 0 Å². The van der Waals surface area contributed by atoms with Gasteiger partial charge in [-0.3, -0.25) is 0 Å². The summed E-state index contributed by atoms with van der Waals surface area (Å²) in [7, 11) is 2.07. The lowest BCUT2D eigenvalue weighted by molar-refractivity contribution is 0.144. The molecule has 2 N–H and O–H groups in total. The molecule has 1 atom stereocenters. The lowest BCUT2D eigenvalue weighted by atomic mass is 10.2. The molecule has 2 rings (SSSR count). The second kappa shape index (κ2) is 5.73. The Balaban J connectivity index is 1.83. The average Bonchev–Trinajstić information content (AvgIpc) is 2.83. The highest BCUT2D eigenvalue weighted by Crippen LogP contribution is 2.13. The lowest BCUT2D eigenvalue weighted by Gasteiger charge is -2.15. The van der Waals surface area contributed by atoms with Gasteiger partial charge < -0.3 is 15.4 Å². The zero-order chi connectivity index (χ0) is 12.1. The average molecular weight is 232 g/mol. The number of anilines is 1. The number of nitrogens with zero attached hydrogens (tertiary/aromatic N) is 1. The van der Waals surface area contributed by atoms with Crippen LogP contribution in [0.2, 0.25) is 0 Å². The van der Waals surface area contributed by atoms with Gasteiger partial charge in [0.15, 0.2) is 0 Å². The van der Waals surface area contributed by atoms with Gasteiger partial charge in [-0.25, -0.2) is 0 Å². The summed E-state index contributed by atoms with van der Waals surface area (Å²) in [6.07, 6.45) is 6.88. The zero-order valence-electron chi connectivity index (χ0n) is 10.3. The minimum absolute atomic E-state index is 0.309. The molecule has 1 fully saturated rings. The number of benzene rings is 1. The first-order valence-corrected chi connectivity index (χ1v) is 6.08. The van der Waals surface area contributed by atoms with Crippen LogP contribution in [0.25, 0.3) is 0 Å². The topological polar surface area (TPSA) is 38.5 Å². The molecule has 0 aromatic heterocycles. The monoisotopic (exact) mass is 232 g/mol. The minimum Gasteiger partial charge on any atom is -0.399 e. The number of hydrogen-bond acceptors (Lipinski definition) is 3. The smallest absolute Gasteiger partial charge is 0.0773 e. The summed E-state index contributed by atoms with van der Waals surface area (Å²) in [6, 6.07) is 8.00. The van der Waals surface area contributed by atoms with Crippen molar-refractivity contribution in [1.82, 2.24) is 4.90 Å².